The molecule has 1 atom stereocenters. The molecular formula is C14H26N2O. The van der Waals surface area contributed by atoms with Gasteiger partial charge in [-0.05, 0) is 19.3 Å². The van der Waals surface area contributed by atoms with Gasteiger partial charge in [0.05, 0.1) is 0 Å². The van der Waals surface area contributed by atoms with Crippen molar-refractivity contribution in [1.29, 1.82) is 0 Å². The summed E-state index contributed by atoms with van der Waals surface area (Å²) in [4.78, 5) is 4.61. The summed E-state index contributed by atoms with van der Waals surface area (Å²) in [6, 6.07) is 0. The van der Waals surface area contributed by atoms with Crippen LogP contribution in [0.25, 0.3) is 0 Å². The summed E-state index contributed by atoms with van der Waals surface area (Å²) in [5.74, 6) is 2.08. The quantitative estimate of drug-likeness (QED) is 0.705. The minimum atomic E-state index is 0.0577. The highest BCUT2D eigenvalue weighted by molar-refractivity contribution is 5.04. The summed E-state index contributed by atoms with van der Waals surface area (Å²) in [6.45, 7) is 11.0. The molecule has 0 aromatic carbocycles. The fourth-order valence-corrected chi connectivity index (χ4v) is 2.31. The van der Waals surface area contributed by atoms with Crippen LogP contribution in [0.15, 0.2) is 4.52 Å². The predicted molar refractivity (Wildman–Crippen MR) is 70.2 cm³/mol. The van der Waals surface area contributed by atoms with Gasteiger partial charge in [-0.25, -0.2) is 0 Å². The Bertz CT molecular complexity index is 327. The molecule has 0 aliphatic carbocycles. The fourth-order valence-electron chi connectivity index (χ4n) is 2.31. The molecule has 1 aromatic heterocycles. The second kappa shape index (κ2) is 6.18. The van der Waals surface area contributed by atoms with E-state index in [9.17, 15) is 0 Å². The lowest BCUT2D eigenvalue weighted by Gasteiger charge is -2.24. The van der Waals surface area contributed by atoms with Crippen LogP contribution in [0.2, 0.25) is 0 Å². The van der Waals surface area contributed by atoms with E-state index in [1.807, 2.05) is 0 Å². The molecule has 0 saturated carbocycles. The normalized spacial score (nSPS) is 13.9. The molecule has 0 amide bonds. The third kappa shape index (κ3) is 3.30. The van der Waals surface area contributed by atoms with E-state index in [1.54, 1.807) is 0 Å². The molecule has 1 unspecified atom stereocenters. The van der Waals surface area contributed by atoms with Gasteiger partial charge in [-0.15, -0.1) is 0 Å². The standard InChI is InChI=1S/C14H26N2O/c1-6-9-14(5,10-7-2)13-15-12(16-17-13)11(4)8-3/h11H,6-10H2,1-5H3. The topological polar surface area (TPSA) is 38.9 Å². The van der Waals surface area contributed by atoms with Gasteiger partial charge < -0.3 is 4.52 Å². The molecule has 1 heterocycles. The maximum absolute atomic E-state index is 5.50. The zero-order valence-electron chi connectivity index (χ0n) is 11.9. The van der Waals surface area contributed by atoms with Crippen molar-refractivity contribution in [1.82, 2.24) is 10.1 Å². The van der Waals surface area contributed by atoms with Crippen LogP contribution in [0.1, 0.15) is 84.4 Å². The average Bonchev–Trinajstić information content (AvgIpc) is 2.78. The first-order valence-electron chi connectivity index (χ1n) is 6.91. The number of hydrogen-bond acceptors (Lipinski definition) is 3. The van der Waals surface area contributed by atoms with Crippen LogP contribution in [-0.4, -0.2) is 10.1 Å². The van der Waals surface area contributed by atoms with Crippen LogP contribution < -0.4 is 0 Å². The van der Waals surface area contributed by atoms with Crippen molar-refractivity contribution in [2.24, 2.45) is 0 Å². The first-order valence-corrected chi connectivity index (χ1v) is 6.91. The Hall–Kier alpha value is -0.860. The zero-order valence-corrected chi connectivity index (χ0v) is 11.9. The number of hydrogen-bond donors (Lipinski definition) is 0. The molecule has 3 nitrogen and oxygen atoms in total. The number of nitrogens with zero attached hydrogens (tertiary/aromatic N) is 2. The van der Waals surface area contributed by atoms with Gasteiger partial charge in [0.2, 0.25) is 5.89 Å². The third-order valence-corrected chi connectivity index (χ3v) is 3.61. The molecular weight excluding hydrogens is 212 g/mol. The van der Waals surface area contributed by atoms with Crippen LogP contribution in [0.5, 0.6) is 0 Å². The van der Waals surface area contributed by atoms with Crippen LogP contribution >= 0.6 is 0 Å². The molecule has 0 aliphatic heterocycles. The highest BCUT2D eigenvalue weighted by Gasteiger charge is 2.31. The molecule has 0 radical (unpaired) electrons. The maximum Gasteiger partial charge on any atom is 0.232 e. The minimum Gasteiger partial charge on any atom is -0.339 e. The summed E-state index contributed by atoms with van der Waals surface area (Å²) >= 11 is 0. The van der Waals surface area contributed by atoms with Gasteiger partial charge in [0, 0.05) is 11.3 Å². The van der Waals surface area contributed by atoms with Crippen LogP contribution in [0, 0.1) is 0 Å². The first-order chi connectivity index (χ1) is 8.07. The lowest BCUT2D eigenvalue weighted by Crippen LogP contribution is -2.22. The van der Waals surface area contributed by atoms with Crippen LogP contribution in [0.4, 0.5) is 0 Å². The van der Waals surface area contributed by atoms with E-state index in [-0.39, 0.29) is 5.41 Å². The van der Waals surface area contributed by atoms with E-state index >= 15 is 0 Å². The van der Waals surface area contributed by atoms with E-state index in [0.29, 0.717) is 5.92 Å². The Kier molecular flexibility index (Phi) is 5.16. The second-order valence-corrected chi connectivity index (χ2v) is 5.33. The van der Waals surface area contributed by atoms with Crippen molar-refractivity contribution < 1.29 is 4.52 Å². The Morgan fingerprint density at radius 2 is 1.76 bits per heavy atom. The average molecular weight is 238 g/mol. The highest BCUT2D eigenvalue weighted by atomic mass is 16.5. The van der Waals surface area contributed by atoms with Gasteiger partial charge in [-0.2, -0.15) is 4.98 Å². The molecule has 3 heteroatoms. The summed E-state index contributed by atoms with van der Waals surface area (Å²) in [7, 11) is 0. The molecule has 0 aliphatic rings. The molecule has 1 aromatic rings. The van der Waals surface area contributed by atoms with Gasteiger partial charge in [0.25, 0.3) is 0 Å². The van der Waals surface area contributed by atoms with Crippen LogP contribution in [-0.2, 0) is 5.41 Å². The third-order valence-electron chi connectivity index (χ3n) is 3.61. The van der Waals surface area contributed by atoms with Gasteiger partial charge in [0.15, 0.2) is 5.82 Å². The SMILES string of the molecule is CCCC(C)(CCC)c1nc(C(C)CC)no1. The van der Waals surface area contributed by atoms with E-state index in [2.05, 4.69) is 44.8 Å². The summed E-state index contributed by atoms with van der Waals surface area (Å²) in [6.07, 6.45) is 5.58. The molecule has 1 rings (SSSR count). The van der Waals surface area contributed by atoms with Gasteiger partial charge in [-0.3, -0.25) is 0 Å². The van der Waals surface area contributed by atoms with Gasteiger partial charge in [0.1, 0.15) is 0 Å². The van der Waals surface area contributed by atoms with Crippen molar-refractivity contribution in [2.75, 3.05) is 0 Å². The summed E-state index contributed by atoms with van der Waals surface area (Å²) < 4.78 is 5.50. The van der Waals surface area contributed by atoms with Crippen molar-refractivity contribution in [2.45, 2.75) is 78.1 Å². The predicted octanol–water partition coefficient (Wildman–Crippen LogP) is 4.44. The van der Waals surface area contributed by atoms with E-state index < -0.39 is 0 Å². The van der Waals surface area contributed by atoms with E-state index in [0.717, 1.165) is 43.8 Å². The van der Waals surface area contributed by atoms with Crippen LogP contribution in [0.3, 0.4) is 0 Å². The second-order valence-electron chi connectivity index (χ2n) is 5.33. The van der Waals surface area contributed by atoms with E-state index in [4.69, 9.17) is 4.52 Å². The highest BCUT2D eigenvalue weighted by Crippen LogP contribution is 2.33. The Morgan fingerprint density at radius 3 is 2.24 bits per heavy atom. The summed E-state index contributed by atoms with van der Waals surface area (Å²) in [5.41, 5.74) is 0.0577. The molecule has 0 fully saturated rings. The molecule has 17 heavy (non-hydrogen) atoms. The Morgan fingerprint density at radius 1 is 1.18 bits per heavy atom. The minimum absolute atomic E-state index is 0.0577. The van der Waals surface area contributed by atoms with Crippen molar-refractivity contribution in [3.05, 3.63) is 11.7 Å². The number of rotatable bonds is 7. The monoisotopic (exact) mass is 238 g/mol. The Labute approximate surface area is 105 Å². The fraction of sp³-hybridized carbons (Fsp3) is 0.857. The molecule has 0 saturated heterocycles. The van der Waals surface area contributed by atoms with Gasteiger partial charge >= 0.3 is 0 Å². The molecule has 0 spiro atoms. The number of aromatic nitrogens is 2. The first kappa shape index (κ1) is 14.2. The lowest BCUT2D eigenvalue weighted by atomic mass is 9.81. The molecule has 0 N–H and O–H groups in total. The largest absolute Gasteiger partial charge is 0.339 e. The van der Waals surface area contributed by atoms with Crippen molar-refractivity contribution in [3.8, 4) is 0 Å². The summed E-state index contributed by atoms with van der Waals surface area (Å²) in [5, 5.41) is 4.13. The van der Waals surface area contributed by atoms with Crippen molar-refractivity contribution in [3.63, 3.8) is 0 Å². The van der Waals surface area contributed by atoms with Gasteiger partial charge in [-0.1, -0.05) is 52.6 Å². The van der Waals surface area contributed by atoms with E-state index in [1.165, 1.54) is 0 Å². The van der Waals surface area contributed by atoms with Crippen molar-refractivity contribution >= 4 is 0 Å². The smallest absolute Gasteiger partial charge is 0.232 e. The Balaban J connectivity index is 2.91. The maximum atomic E-state index is 5.50. The lowest BCUT2D eigenvalue weighted by molar-refractivity contribution is 0.262. The molecule has 0 bridgehead atoms. The zero-order chi connectivity index (χ0) is 12.9. The molecule has 98 valence electrons.